The second-order valence-corrected chi connectivity index (χ2v) is 3.23. The van der Waals surface area contributed by atoms with Crippen molar-refractivity contribution in [3.63, 3.8) is 0 Å². The minimum absolute atomic E-state index is 0.492. The van der Waals surface area contributed by atoms with Gasteiger partial charge in [0.2, 0.25) is 0 Å². The summed E-state index contributed by atoms with van der Waals surface area (Å²) >= 11 is 11.1. The van der Waals surface area contributed by atoms with Crippen LogP contribution in [0.1, 0.15) is 5.56 Å². The van der Waals surface area contributed by atoms with E-state index in [0.29, 0.717) is 5.56 Å². The highest BCUT2D eigenvalue weighted by Gasteiger charge is 2.27. The van der Waals surface area contributed by atoms with Gasteiger partial charge in [-0.05, 0) is 0 Å². The van der Waals surface area contributed by atoms with E-state index in [1.165, 1.54) is 0 Å². The summed E-state index contributed by atoms with van der Waals surface area (Å²) in [5, 5.41) is 8.28. The molecule has 0 bridgehead atoms. The average Bonchev–Trinajstić information content (AvgIpc) is 2.06. The van der Waals surface area contributed by atoms with Gasteiger partial charge in [-0.2, -0.15) is 4.89 Å². The Kier molecular flexibility index (Phi) is 2.73. The van der Waals surface area contributed by atoms with E-state index in [2.05, 4.69) is 4.89 Å². The van der Waals surface area contributed by atoms with E-state index in [4.69, 9.17) is 28.5 Å². The standard InChI is InChI=1S/C7H6Cl2O2/c8-7(9,11-10)6-4-2-1-3-5-6/h1-5,10H. The van der Waals surface area contributed by atoms with Gasteiger partial charge in [-0.3, -0.25) is 0 Å². The molecule has 0 radical (unpaired) electrons. The van der Waals surface area contributed by atoms with Crippen molar-refractivity contribution < 1.29 is 10.1 Å². The maximum Gasteiger partial charge on any atom is 0.275 e. The lowest BCUT2D eigenvalue weighted by Gasteiger charge is -2.14. The molecular formula is C7H6Cl2O2. The highest BCUT2D eigenvalue weighted by atomic mass is 35.5. The molecule has 0 amide bonds. The molecule has 0 saturated carbocycles. The first-order valence-electron chi connectivity index (χ1n) is 2.93. The van der Waals surface area contributed by atoms with Crippen LogP contribution in [-0.4, -0.2) is 5.26 Å². The largest absolute Gasteiger partial charge is 0.275 e. The summed E-state index contributed by atoms with van der Waals surface area (Å²) in [5.74, 6) is 0. The fraction of sp³-hybridized carbons (Fsp3) is 0.143. The molecule has 1 N–H and O–H groups in total. The zero-order valence-corrected chi connectivity index (χ0v) is 7.01. The number of benzene rings is 1. The topological polar surface area (TPSA) is 29.5 Å². The van der Waals surface area contributed by atoms with Crippen LogP contribution in [0.3, 0.4) is 0 Å². The Hall–Kier alpha value is -0.280. The Morgan fingerprint density at radius 1 is 1.18 bits per heavy atom. The van der Waals surface area contributed by atoms with Gasteiger partial charge in [0.05, 0.1) is 0 Å². The Balaban J connectivity index is 2.93. The minimum Gasteiger partial charge on any atom is -0.248 e. The zero-order valence-electron chi connectivity index (χ0n) is 5.50. The smallest absolute Gasteiger partial charge is 0.248 e. The van der Waals surface area contributed by atoms with Crippen molar-refractivity contribution in [2.45, 2.75) is 4.52 Å². The van der Waals surface area contributed by atoms with Crippen LogP contribution in [0.2, 0.25) is 0 Å². The second-order valence-electron chi connectivity index (χ2n) is 1.97. The predicted octanol–water partition coefficient (Wildman–Crippen LogP) is 2.76. The van der Waals surface area contributed by atoms with Gasteiger partial charge in [0.1, 0.15) is 0 Å². The quantitative estimate of drug-likeness (QED) is 0.444. The van der Waals surface area contributed by atoms with Crippen LogP contribution in [0.15, 0.2) is 30.3 Å². The molecule has 0 aromatic heterocycles. The maximum absolute atomic E-state index is 8.28. The molecule has 1 rings (SSSR count). The number of rotatable bonds is 2. The van der Waals surface area contributed by atoms with Gasteiger partial charge >= 0.3 is 0 Å². The van der Waals surface area contributed by atoms with Crippen LogP contribution in [0.4, 0.5) is 0 Å². The molecule has 1 aromatic rings. The maximum atomic E-state index is 8.28. The number of hydrogen-bond donors (Lipinski definition) is 1. The first-order chi connectivity index (χ1) is 5.17. The van der Waals surface area contributed by atoms with E-state index in [-0.39, 0.29) is 0 Å². The molecule has 2 nitrogen and oxygen atoms in total. The molecule has 0 atom stereocenters. The van der Waals surface area contributed by atoms with E-state index in [9.17, 15) is 0 Å². The third-order valence-corrected chi connectivity index (χ3v) is 1.80. The zero-order chi connectivity index (χ0) is 8.32. The summed E-state index contributed by atoms with van der Waals surface area (Å²) in [4.78, 5) is 3.85. The molecule has 0 unspecified atom stereocenters. The van der Waals surface area contributed by atoms with Crippen molar-refractivity contribution in [1.82, 2.24) is 0 Å². The second kappa shape index (κ2) is 3.41. The molecule has 0 aliphatic carbocycles. The van der Waals surface area contributed by atoms with Gasteiger partial charge < -0.3 is 0 Å². The van der Waals surface area contributed by atoms with Crippen LogP contribution in [0.25, 0.3) is 0 Å². The predicted molar refractivity (Wildman–Crippen MR) is 43.5 cm³/mol. The molecule has 0 fully saturated rings. The molecule has 0 heterocycles. The summed E-state index contributed by atoms with van der Waals surface area (Å²) < 4.78 is -1.67. The Morgan fingerprint density at radius 2 is 1.73 bits per heavy atom. The number of alkyl halides is 2. The molecule has 0 spiro atoms. The van der Waals surface area contributed by atoms with Gasteiger partial charge in [0, 0.05) is 5.56 Å². The van der Waals surface area contributed by atoms with E-state index < -0.39 is 4.52 Å². The van der Waals surface area contributed by atoms with Gasteiger partial charge in [0.25, 0.3) is 4.52 Å². The summed E-state index contributed by atoms with van der Waals surface area (Å²) in [6.07, 6.45) is 0. The lowest BCUT2D eigenvalue weighted by Crippen LogP contribution is -2.12. The van der Waals surface area contributed by atoms with Crippen molar-refractivity contribution >= 4 is 23.2 Å². The SMILES string of the molecule is OOC(Cl)(Cl)c1ccccc1. The van der Waals surface area contributed by atoms with E-state index in [0.717, 1.165) is 0 Å². The van der Waals surface area contributed by atoms with Crippen molar-refractivity contribution in [2.24, 2.45) is 0 Å². The summed E-state index contributed by atoms with van der Waals surface area (Å²) in [6.45, 7) is 0. The van der Waals surface area contributed by atoms with Gasteiger partial charge in [-0.25, -0.2) is 5.26 Å². The first kappa shape index (κ1) is 8.81. The Bertz CT molecular complexity index is 223. The Labute approximate surface area is 74.2 Å². The van der Waals surface area contributed by atoms with E-state index in [1.807, 2.05) is 6.07 Å². The Morgan fingerprint density at radius 3 is 2.18 bits per heavy atom. The highest BCUT2D eigenvalue weighted by molar-refractivity contribution is 6.46. The highest BCUT2D eigenvalue weighted by Crippen LogP contribution is 2.33. The van der Waals surface area contributed by atoms with E-state index in [1.54, 1.807) is 24.3 Å². The van der Waals surface area contributed by atoms with Crippen LogP contribution in [0, 0.1) is 0 Å². The third kappa shape index (κ3) is 2.07. The lowest BCUT2D eigenvalue weighted by atomic mass is 10.2. The fourth-order valence-electron chi connectivity index (χ4n) is 0.685. The monoisotopic (exact) mass is 192 g/mol. The molecule has 0 saturated heterocycles. The van der Waals surface area contributed by atoms with Crippen molar-refractivity contribution in [2.75, 3.05) is 0 Å². The minimum atomic E-state index is -1.67. The fourth-order valence-corrected chi connectivity index (χ4v) is 0.937. The number of hydrogen-bond acceptors (Lipinski definition) is 2. The van der Waals surface area contributed by atoms with Crippen LogP contribution >= 0.6 is 23.2 Å². The molecular weight excluding hydrogens is 187 g/mol. The van der Waals surface area contributed by atoms with Gasteiger partial charge in [-0.1, -0.05) is 53.5 Å². The van der Waals surface area contributed by atoms with Crippen LogP contribution in [0.5, 0.6) is 0 Å². The normalized spacial score (nSPS) is 11.5. The average molecular weight is 193 g/mol. The van der Waals surface area contributed by atoms with Crippen molar-refractivity contribution in [3.8, 4) is 0 Å². The van der Waals surface area contributed by atoms with Crippen LogP contribution in [-0.2, 0) is 9.41 Å². The molecule has 4 heteroatoms. The van der Waals surface area contributed by atoms with Gasteiger partial charge in [0.15, 0.2) is 0 Å². The molecule has 60 valence electrons. The van der Waals surface area contributed by atoms with Crippen molar-refractivity contribution in [3.05, 3.63) is 35.9 Å². The third-order valence-electron chi connectivity index (χ3n) is 1.22. The lowest BCUT2D eigenvalue weighted by molar-refractivity contribution is -0.274. The molecule has 0 aliphatic rings. The molecule has 1 aromatic carbocycles. The molecule has 0 aliphatic heterocycles. The van der Waals surface area contributed by atoms with Crippen LogP contribution < -0.4 is 0 Å². The first-order valence-corrected chi connectivity index (χ1v) is 3.68. The van der Waals surface area contributed by atoms with E-state index >= 15 is 0 Å². The van der Waals surface area contributed by atoms with Gasteiger partial charge in [-0.15, -0.1) is 0 Å². The summed E-state index contributed by atoms with van der Waals surface area (Å²) in [6, 6.07) is 8.60. The summed E-state index contributed by atoms with van der Waals surface area (Å²) in [7, 11) is 0. The molecule has 11 heavy (non-hydrogen) atoms. The summed E-state index contributed by atoms with van der Waals surface area (Å²) in [5.41, 5.74) is 0.492. The van der Waals surface area contributed by atoms with Crippen molar-refractivity contribution in [1.29, 1.82) is 0 Å². The number of halogens is 2.